The largest absolute Gasteiger partial charge is 0.292 e. The van der Waals surface area contributed by atoms with Gasteiger partial charge in [0.05, 0.1) is 11.0 Å². The van der Waals surface area contributed by atoms with Crippen molar-refractivity contribution < 1.29 is 0 Å². The Kier molecular flexibility index (Phi) is 5.47. The Balaban J connectivity index is 1.49. The summed E-state index contributed by atoms with van der Waals surface area (Å²) in [6, 6.07) is 39.6. The number of hydrogen-bond donors (Lipinski definition) is 0. The standard InChI is InChI=1S/C36H30N2S/c1-23-15-17-24(18-16-23)27-9-8-14-32-33(27)28-10-7-11-29(34(28)39-32)35-37-30-12-5-6-13-31(30)38(35)26-21-19-25(20-22-26)36(2,3)4/h5-22H,1-4H3. The van der Waals surface area contributed by atoms with Crippen LogP contribution in [0.25, 0.3) is 59.4 Å². The molecule has 0 bridgehead atoms. The summed E-state index contributed by atoms with van der Waals surface area (Å²) in [7, 11) is 0. The maximum atomic E-state index is 5.21. The second kappa shape index (κ2) is 8.93. The Morgan fingerprint density at radius 2 is 1.41 bits per heavy atom. The van der Waals surface area contributed by atoms with Crippen molar-refractivity contribution in [2.75, 3.05) is 0 Å². The SMILES string of the molecule is Cc1ccc(-c2cccc3sc4c(-c5nc6ccccc6n5-c5ccc(C(C)(C)C)cc5)cccc4c23)cc1. The molecule has 0 aliphatic heterocycles. The first-order valence-corrected chi connectivity index (χ1v) is 14.3. The number of rotatable bonds is 3. The van der Waals surface area contributed by atoms with Gasteiger partial charge in [0, 0.05) is 31.4 Å². The van der Waals surface area contributed by atoms with E-state index in [2.05, 4.69) is 141 Å². The molecular formula is C36H30N2S. The number of benzene rings is 5. The summed E-state index contributed by atoms with van der Waals surface area (Å²) in [6.07, 6.45) is 0. The molecule has 0 spiro atoms. The minimum Gasteiger partial charge on any atom is -0.292 e. The zero-order chi connectivity index (χ0) is 26.7. The Hall–Kier alpha value is -4.21. The number of imidazole rings is 1. The number of aryl methyl sites for hydroxylation is 1. The van der Waals surface area contributed by atoms with E-state index in [4.69, 9.17) is 4.98 Å². The fourth-order valence-electron chi connectivity index (χ4n) is 5.58. The van der Waals surface area contributed by atoms with Crippen molar-refractivity contribution in [2.45, 2.75) is 33.1 Å². The van der Waals surface area contributed by atoms with E-state index in [-0.39, 0.29) is 5.41 Å². The topological polar surface area (TPSA) is 17.8 Å². The van der Waals surface area contributed by atoms with Crippen molar-refractivity contribution in [3.8, 4) is 28.2 Å². The van der Waals surface area contributed by atoms with Crippen LogP contribution in [-0.2, 0) is 5.41 Å². The van der Waals surface area contributed by atoms with Gasteiger partial charge in [-0.2, -0.15) is 0 Å². The second-order valence-corrected chi connectivity index (χ2v) is 12.4. The number of hydrogen-bond acceptors (Lipinski definition) is 2. The zero-order valence-electron chi connectivity index (χ0n) is 22.7. The van der Waals surface area contributed by atoms with Gasteiger partial charge in [0.25, 0.3) is 0 Å². The maximum absolute atomic E-state index is 5.21. The van der Waals surface area contributed by atoms with Crippen LogP contribution in [-0.4, -0.2) is 9.55 Å². The van der Waals surface area contributed by atoms with Crippen LogP contribution in [0.3, 0.4) is 0 Å². The first kappa shape index (κ1) is 23.9. The molecule has 2 nitrogen and oxygen atoms in total. The molecule has 0 saturated heterocycles. The van der Waals surface area contributed by atoms with E-state index in [0.29, 0.717) is 0 Å². The molecule has 0 saturated carbocycles. The summed E-state index contributed by atoms with van der Waals surface area (Å²) >= 11 is 1.86. The molecule has 0 fully saturated rings. The first-order chi connectivity index (χ1) is 18.9. The third-order valence-electron chi connectivity index (χ3n) is 7.68. The van der Waals surface area contributed by atoms with E-state index in [9.17, 15) is 0 Å². The van der Waals surface area contributed by atoms with Crippen molar-refractivity contribution >= 4 is 42.5 Å². The van der Waals surface area contributed by atoms with Gasteiger partial charge in [-0.25, -0.2) is 4.98 Å². The van der Waals surface area contributed by atoms with Gasteiger partial charge in [-0.15, -0.1) is 11.3 Å². The summed E-state index contributed by atoms with van der Waals surface area (Å²) in [6.45, 7) is 8.91. The molecule has 39 heavy (non-hydrogen) atoms. The first-order valence-electron chi connectivity index (χ1n) is 13.5. The highest BCUT2D eigenvalue weighted by molar-refractivity contribution is 7.26. The smallest absolute Gasteiger partial charge is 0.147 e. The fourth-order valence-corrected chi connectivity index (χ4v) is 6.81. The highest BCUT2D eigenvalue weighted by Crippen LogP contribution is 2.44. The summed E-state index contributed by atoms with van der Waals surface area (Å²) in [4.78, 5) is 5.21. The average Bonchev–Trinajstić information content (AvgIpc) is 3.52. The molecule has 2 heterocycles. The third-order valence-corrected chi connectivity index (χ3v) is 8.88. The number of aromatic nitrogens is 2. The van der Waals surface area contributed by atoms with Crippen molar-refractivity contribution in [1.82, 2.24) is 9.55 Å². The monoisotopic (exact) mass is 522 g/mol. The Bertz CT molecular complexity index is 1980. The van der Waals surface area contributed by atoms with E-state index in [1.54, 1.807) is 0 Å². The quantitative estimate of drug-likeness (QED) is 0.226. The summed E-state index contributed by atoms with van der Waals surface area (Å²) < 4.78 is 4.89. The third kappa shape index (κ3) is 3.97. The number of nitrogens with zero attached hydrogens (tertiary/aromatic N) is 2. The molecule has 0 aliphatic carbocycles. The normalized spacial score (nSPS) is 12.1. The molecule has 2 aromatic heterocycles. The van der Waals surface area contributed by atoms with Crippen LogP contribution in [0.2, 0.25) is 0 Å². The van der Waals surface area contributed by atoms with Crippen LogP contribution < -0.4 is 0 Å². The molecule has 5 aromatic carbocycles. The van der Waals surface area contributed by atoms with E-state index in [1.165, 1.54) is 48.0 Å². The molecule has 0 unspecified atom stereocenters. The predicted octanol–water partition coefficient (Wildman–Crippen LogP) is 10.3. The highest BCUT2D eigenvalue weighted by Gasteiger charge is 2.20. The number of para-hydroxylation sites is 2. The molecule has 190 valence electrons. The van der Waals surface area contributed by atoms with Crippen LogP contribution >= 0.6 is 11.3 Å². The Morgan fingerprint density at radius 3 is 2.18 bits per heavy atom. The highest BCUT2D eigenvalue weighted by atomic mass is 32.1. The fraction of sp³-hybridized carbons (Fsp3) is 0.139. The van der Waals surface area contributed by atoms with Crippen LogP contribution in [0.5, 0.6) is 0 Å². The molecule has 7 rings (SSSR count). The number of thiophene rings is 1. The second-order valence-electron chi connectivity index (χ2n) is 11.4. The van der Waals surface area contributed by atoms with Gasteiger partial charge in [0.2, 0.25) is 0 Å². The Labute approximate surface area is 233 Å². The minimum absolute atomic E-state index is 0.107. The van der Waals surface area contributed by atoms with Crippen LogP contribution in [0, 0.1) is 6.92 Å². The lowest BCUT2D eigenvalue weighted by Gasteiger charge is -2.19. The van der Waals surface area contributed by atoms with Crippen molar-refractivity contribution in [2.24, 2.45) is 0 Å². The van der Waals surface area contributed by atoms with Crippen LogP contribution in [0.1, 0.15) is 31.9 Å². The lowest BCUT2D eigenvalue weighted by Crippen LogP contribution is -2.11. The van der Waals surface area contributed by atoms with Gasteiger partial charge < -0.3 is 0 Å². The van der Waals surface area contributed by atoms with E-state index >= 15 is 0 Å². The summed E-state index contributed by atoms with van der Waals surface area (Å²) in [5.41, 5.74) is 9.66. The van der Waals surface area contributed by atoms with E-state index < -0.39 is 0 Å². The molecule has 0 aliphatic rings. The molecule has 0 radical (unpaired) electrons. The van der Waals surface area contributed by atoms with Crippen LogP contribution in [0.15, 0.2) is 109 Å². The molecule has 0 amide bonds. The Morgan fingerprint density at radius 1 is 0.692 bits per heavy atom. The van der Waals surface area contributed by atoms with E-state index in [1.807, 2.05) is 11.3 Å². The van der Waals surface area contributed by atoms with Crippen molar-refractivity contribution in [3.63, 3.8) is 0 Å². The molecule has 3 heteroatoms. The van der Waals surface area contributed by atoms with Gasteiger partial charge in [0.1, 0.15) is 5.82 Å². The van der Waals surface area contributed by atoms with Crippen LogP contribution in [0.4, 0.5) is 0 Å². The average molecular weight is 523 g/mol. The molecule has 0 N–H and O–H groups in total. The zero-order valence-corrected chi connectivity index (χ0v) is 23.5. The summed E-state index contributed by atoms with van der Waals surface area (Å²) in [5, 5.41) is 2.60. The summed E-state index contributed by atoms with van der Waals surface area (Å²) in [5.74, 6) is 0.980. The maximum Gasteiger partial charge on any atom is 0.147 e. The minimum atomic E-state index is 0.107. The van der Waals surface area contributed by atoms with Gasteiger partial charge in [-0.3, -0.25) is 4.57 Å². The molecule has 7 aromatic rings. The predicted molar refractivity (Wildman–Crippen MR) is 168 cm³/mol. The van der Waals surface area contributed by atoms with Gasteiger partial charge in [-0.1, -0.05) is 99.1 Å². The van der Waals surface area contributed by atoms with E-state index in [0.717, 1.165) is 22.5 Å². The van der Waals surface area contributed by atoms with Gasteiger partial charge in [-0.05, 0) is 65.4 Å². The lowest BCUT2D eigenvalue weighted by atomic mass is 9.87. The molecular weight excluding hydrogens is 492 g/mol. The van der Waals surface area contributed by atoms with Crippen molar-refractivity contribution in [3.05, 3.63) is 120 Å². The van der Waals surface area contributed by atoms with Gasteiger partial charge >= 0.3 is 0 Å². The lowest BCUT2D eigenvalue weighted by molar-refractivity contribution is 0.590. The number of fused-ring (bicyclic) bond motifs is 4. The molecule has 0 atom stereocenters. The van der Waals surface area contributed by atoms with Crippen molar-refractivity contribution in [1.29, 1.82) is 0 Å². The van der Waals surface area contributed by atoms with Gasteiger partial charge in [0.15, 0.2) is 0 Å².